The monoisotopic (exact) mass is 538 g/mol. The van der Waals surface area contributed by atoms with Crippen molar-refractivity contribution in [3.05, 3.63) is 0 Å². The standard InChI is InChI=1S/C22H33F11O2/c23-18(24,19(25,26)20(27,28)21(29,30)22(31,32)33)16-14-12-10-8-6-4-2-1-3-5-7-9-11-13-15-17(34)35/h1-16H2,(H,34,35). The normalized spacial score (nSPS) is 13.9. The van der Waals surface area contributed by atoms with Gasteiger partial charge in [-0.25, -0.2) is 0 Å². The maximum Gasteiger partial charge on any atom is 0.460 e. The van der Waals surface area contributed by atoms with Crippen molar-refractivity contribution in [1.29, 1.82) is 0 Å². The molecule has 0 heterocycles. The Bertz CT molecular complexity index is 605. The molecule has 0 saturated heterocycles. The Kier molecular flexibility index (Phi) is 13.9. The van der Waals surface area contributed by atoms with Crippen molar-refractivity contribution in [3.8, 4) is 0 Å². The minimum atomic E-state index is -7.32. The number of carboxylic acid groups (broad SMARTS) is 1. The van der Waals surface area contributed by atoms with Crippen LogP contribution in [0, 0.1) is 0 Å². The molecule has 0 aromatic heterocycles. The largest absolute Gasteiger partial charge is 0.481 e. The van der Waals surface area contributed by atoms with Gasteiger partial charge in [-0.1, -0.05) is 77.0 Å². The lowest BCUT2D eigenvalue weighted by Gasteiger charge is -2.37. The van der Waals surface area contributed by atoms with Gasteiger partial charge in [-0.2, -0.15) is 48.3 Å². The Balaban J connectivity index is 4.05. The van der Waals surface area contributed by atoms with Gasteiger partial charge in [0, 0.05) is 12.8 Å². The quantitative estimate of drug-likeness (QED) is 0.124. The number of halogens is 11. The molecule has 0 unspecified atom stereocenters. The van der Waals surface area contributed by atoms with E-state index in [4.69, 9.17) is 5.11 Å². The topological polar surface area (TPSA) is 37.3 Å². The van der Waals surface area contributed by atoms with E-state index in [1.807, 2.05) is 0 Å². The molecular formula is C22H33F11O2. The van der Waals surface area contributed by atoms with Crippen molar-refractivity contribution >= 4 is 5.97 Å². The van der Waals surface area contributed by atoms with Gasteiger partial charge in [-0.3, -0.25) is 4.79 Å². The Morgan fingerprint density at radius 1 is 0.457 bits per heavy atom. The van der Waals surface area contributed by atoms with Gasteiger partial charge in [-0.05, 0) is 12.8 Å². The number of unbranched alkanes of at least 4 members (excludes halogenated alkanes) is 13. The zero-order chi connectivity index (χ0) is 27.4. The van der Waals surface area contributed by atoms with Gasteiger partial charge in [0.1, 0.15) is 0 Å². The molecular weight excluding hydrogens is 505 g/mol. The van der Waals surface area contributed by atoms with Crippen molar-refractivity contribution in [2.75, 3.05) is 0 Å². The summed E-state index contributed by atoms with van der Waals surface area (Å²) in [6.45, 7) is 0. The first-order chi connectivity index (χ1) is 15.9. The van der Waals surface area contributed by atoms with E-state index in [0.717, 1.165) is 57.8 Å². The molecule has 0 aliphatic heterocycles. The zero-order valence-corrected chi connectivity index (χ0v) is 19.3. The number of rotatable bonds is 20. The lowest BCUT2D eigenvalue weighted by molar-refractivity contribution is -0.422. The molecule has 1 N–H and O–H groups in total. The Hall–Kier alpha value is -1.30. The number of hydrogen-bond donors (Lipinski definition) is 1. The molecule has 0 bridgehead atoms. The van der Waals surface area contributed by atoms with Crippen LogP contribution in [0.2, 0.25) is 0 Å². The molecule has 0 fully saturated rings. The molecule has 35 heavy (non-hydrogen) atoms. The van der Waals surface area contributed by atoms with E-state index in [1.54, 1.807) is 0 Å². The number of carboxylic acids is 1. The molecule has 0 aliphatic rings. The SMILES string of the molecule is O=C(O)CCCCCCCCCCCCCCCCC(F)(F)C(F)(F)C(F)(F)C(F)(F)C(F)(F)F. The summed E-state index contributed by atoms with van der Waals surface area (Å²) in [7, 11) is 0. The molecule has 0 atom stereocenters. The van der Waals surface area contributed by atoms with Crippen molar-refractivity contribution in [3.63, 3.8) is 0 Å². The second-order valence-electron chi connectivity index (χ2n) is 8.77. The van der Waals surface area contributed by atoms with Gasteiger partial charge in [0.2, 0.25) is 0 Å². The van der Waals surface area contributed by atoms with Gasteiger partial charge >= 0.3 is 35.8 Å². The molecule has 210 valence electrons. The number of hydrogen-bond acceptors (Lipinski definition) is 1. The van der Waals surface area contributed by atoms with E-state index in [9.17, 15) is 53.1 Å². The van der Waals surface area contributed by atoms with Crippen LogP contribution >= 0.6 is 0 Å². The molecule has 0 rings (SSSR count). The third-order valence-electron chi connectivity index (χ3n) is 5.74. The minimum absolute atomic E-state index is 0.0885. The van der Waals surface area contributed by atoms with Crippen LogP contribution in [-0.4, -0.2) is 40.9 Å². The predicted molar refractivity (Wildman–Crippen MR) is 107 cm³/mol. The molecule has 13 heteroatoms. The summed E-state index contributed by atoms with van der Waals surface area (Å²) in [4.78, 5) is 10.4. The highest BCUT2D eigenvalue weighted by molar-refractivity contribution is 5.66. The van der Waals surface area contributed by atoms with Crippen molar-refractivity contribution in [1.82, 2.24) is 0 Å². The third-order valence-corrected chi connectivity index (χ3v) is 5.74. The molecule has 0 radical (unpaired) electrons. The molecule has 0 aromatic rings. The molecule has 0 aliphatic carbocycles. The molecule has 0 amide bonds. The van der Waals surface area contributed by atoms with Crippen LogP contribution in [0.25, 0.3) is 0 Å². The van der Waals surface area contributed by atoms with E-state index < -0.39 is 48.7 Å². The van der Waals surface area contributed by atoms with E-state index in [1.165, 1.54) is 0 Å². The first-order valence-corrected chi connectivity index (χ1v) is 11.7. The first-order valence-electron chi connectivity index (χ1n) is 11.7. The van der Waals surface area contributed by atoms with Crippen molar-refractivity contribution in [2.24, 2.45) is 0 Å². The van der Waals surface area contributed by atoms with E-state index >= 15 is 0 Å². The summed E-state index contributed by atoms with van der Waals surface area (Å²) < 4.78 is 142. The first kappa shape index (κ1) is 33.7. The van der Waals surface area contributed by atoms with Crippen LogP contribution in [0.4, 0.5) is 48.3 Å². The van der Waals surface area contributed by atoms with Crippen LogP contribution < -0.4 is 0 Å². The van der Waals surface area contributed by atoms with Crippen molar-refractivity contribution < 1.29 is 58.2 Å². The summed E-state index contributed by atoms with van der Waals surface area (Å²) in [6, 6.07) is 0. The smallest absolute Gasteiger partial charge is 0.460 e. The summed E-state index contributed by atoms with van der Waals surface area (Å²) in [5.41, 5.74) is 0. The average molecular weight is 538 g/mol. The number of alkyl halides is 11. The van der Waals surface area contributed by atoms with Crippen LogP contribution in [-0.2, 0) is 4.79 Å². The van der Waals surface area contributed by atoms with Gasteiger partial charge in [0.05, 0.1) is 0 Å². The maximum absolute atomic E-state index is 13.6. The van der Waals surface area contributed by atoms with E-state index in [-0.39, 0.29) is 12.8 Å². The lowest BCUT2D eigenvalue weighted by atomic mass is 9.94. The van der Waals surface area contributed by atoms with E-state index in [2.05, 4.69) is 0 Å². The second kappa shape index (κ2) is 14.4. The van der Waals surface area contributed by atoms with Crippen LogP contribution in [0.15, 0.2) is 0 Å². The number of aliphatic carboxylic acids is 1. The zero-order valence-electron chi connectivity index (χ0n) is 19.3. The van der Waals surface area contributed by atoms with Gasteiger partial charge in [0.25, 0.3) is 0 Å². The summed E-state index contributed by atoms with van der Waals surface area (Å²) in [6.07, 6.45) is 0.156. The fourth-order valence-corrected chi connectivity index (χ4v) is 3.51. The second-order valence-corrected chi connectivity index (χ2v) is 8.77. The van der Waals surface area contributed by atoms with Gasteiger partial charge < -0.3 is 5.11 Å². The highest BCUT2D eigenvalue weighted by atomic mass is 19.4. The van der Waals surface area contributed by atoms with Gasteiger partial charge in [0.15, 0.2) is 0 Å². The van der Waals surface area contributed by atoms with Gasteiger partial charge in [-0.15, -0.1) is 0 Å². The summed E-state index contributed by atoms with van der Waals surface area (Å²) in [5, 5.41) is 8.52. The maximum atomic E-state index is 13.6. The predicted octanol–water partition coefficient (Wildman–Crippen LogP) is 9.42. The van der Waals surface area contributed by atoms with Crippen molar-refractivity contribution in [2.45, 2.75) is 133 Å². The van der Waals surface area contributed by atoms with Crippen LogP contribution in [0.1, 0.15) is 103 Å². The minimum Gasteiger partial charge on any atom is -0.481 e. The fraction of sp³-hybridized carbons (Fsp3) is 0.955. The number of carbonyl (C=O) groups is 1. The molecule has 0 spiro atoms. The van der Waals surface area contributed by atoms with E-state index in [0.29, 0.717) is 19.3 Å². The highest BCUT2D eigenvalue weighted by Crippen LogP contribution is 2.58. The van der Waals surface area contributed by atoms with Crippen LogP contribution in [0.5, 0.6) is 0 Å². The fourth-order valence-electron chi connectivity index (χ4n) is 3.51. The lowest BCUT2D eigenvalue weighted by Crippen LogP contribution is -2.66. The molecule has 2 nitrogen and oxygen atoms in total. The Labute approximate surface area is 197 Å². The Morgan fingerprint density at radius 3 is 1.09 bits per heavy atom. The summed E-state index contributed by atoms with van der Waals surface area (Å²) in [5.74, 6) is -28.1. The highest BCUT2D eigenvalue weighted by Gasteiger charge is 2.86. The average Bonchev–Trinajstić information content (AvgIpc) is 2.71. The Morgan fingerprint density at radius 2 is 0.771 bits per heavy atom. The van der Waals surface area contributed by atoms with Crippen LogP contribution in [0.3, 0.4) is 0 Å². The molecule has 0 aromatic carbocycles. The third kappa shape index (κ3) is 10.3. The summed E-state index contributed by atoms with van der Waals surface area (Å²) >= 11 is 0. The molecule has 0 saturated carbocycles.